The second kappa shape index (κ2) is 5.18. The van der Waals surface area contributed by atoms with Gasteiger partial charge in [-0.25, -0.2) is 4.98 Å². The van der Waals surface area contributed by atoms with Crippen molar-refractivity contribution < 1.29 is 9.47 Å². The van der Waals surface area contributed by atoms with Crippen LogP contribution in [-0.2, 0) is 0 Å². The summed E-state index contributed by atoms with van der Waals surface area (Å²) in [6.45, 7) is 2.07. The molecule has 0 atom stereocenters. The number of likely N-dealkylation sites (tertiary alicyclic amines) is 1. The van der Waals surface area contributed by atoms with Gasteiger partial charge in [0.25, 0.3) is 5.88 Å². The zero-order chi connectivity index (χ0) is 12.3. The smallest absolute Gasteiger partial charge is 0.262 e. The van der Waals surface area contributed by atoms with E-state index in [4.69, 9.17) is 15.2 Å². The Bertz CT molecular complexity index is 378. The third-order valence-corrected chi connectivity index (χ3v) is 2.95. The van der Waals surface area contributed by atoms with Crippen LogP contribution in [0.15, 0.2) is 6.33 Å². The van der Waals surface area contributed by atoms with Crippen molar-refractivity contribution in [3.8, 4) is 11.6 Å². The summed E-state index contributed by atoms with van der Waals surface area (Å²) in [5.74, 6) is 1.17. The van der Waals surface area contributed by atoms with Crippen LogP contribution in [0.25, 0.3) is 0 Å². The molecule has 1 aromatic heterocycles. The van der Waals surface area contributed by atoms with Crippen LogP contribution in [0.3, 0.4) is 0 Å². The lowest BCUT2D eigenvalue weighted by Crippen LogP contribution is -2.35. The molecule has 1 aliphatic heterocycles. The standard InChI is InChI=1S/C11H18N4O2/c1-15-5-3-8(4-6-15)17-11-9(16-2)10(12)13-7-14-11/h7-8H,3-6H2,1-2H3,(H2,12,13,14). The number of aromatic nitrogens is 2. The lowest BCUT2D eigenvalue weighted by Gasteiger charge is -2.29. The van der Waals surface area contributed by atoms with Crippen LogP contribution >= 0.6 is 0 Å². The Morgan fingerprint density at radius 2 is 2.06 bits per heavy atom. The van der Waals surface area contributed by atoms with E-state index in [9.17, 15) is 0 Å². The van der Waals surface area contributed by atoms with E-state index >= 15 is 0 Å². The summed E-state index contributed by atoms with van der Waals surface area (Å²) in [5, 5.41) is 0. The van der Waals surface area contributed by atoms with Crippen molar-refractivity contribution in [2.75, 3.05) is 33.0 Å². The Kier molecular flexibility index (Phi) is 3.63. The largest absolute Gasteiger partial charge is 0.489 e. The number of nitrogens with two attached hydrogens (primary N) is 1. The highest BCUT2D eigenvalue weighted by atomic mass is 16.5. The number of piperidine rings is 1. The SMILES string of the molecule is COc1c(N)ncnc1OC1CCN(C)CC1. The zero-order valence-electron chi connectivity index (χ0n) is 10.2. The molecule has 0 spiro atoms. The summed E-state index contributed by atoms with van der Waals surface area (Å²) < 4.78 is 11.0. The van der Waals surface area contributed by atoms with Gasteiger partial charge in [-0.3, -0.25) is 0 Å². The van der Waals surface area contributed by atoms with Crippen LogP contribution < -0.4 is 15.2 Å². The molecule has 0 aromatic carbocycles. The number of nitrogen functional groups attached to an aromatic ring is 1. The van der Waals surface area contributed by atoms with Crippen LogP contribution in [0, 0.1) is 0 Å². The van der Waals surface area contributed by atoms with E-state index in [-0.39, 0.29) is 6.10 Å². The molecule has 6 nitrogen and oxygen atoms in total. The first-order valence-electron chi connectivity index (χ1n) is 5.70. The molecule has 0 radical (unpaired) electrons. The van der Waals surface area contributed by atoms with Crippen molar-refractivity contribution in [1.82, 2.24) is 14.9 Å². The molecule has 1 fully saturated rings. The van der Waals surface area contributed by atoms with Crippen LogP contribution in [-0.4, -0.2) is 48.2 Å². The molecule has 6 heteroatoms. The van der Waals surface area contributed by atoms with Gasteiger partial charge in [0.1, 0.15) is 12.4 Å². The first-order chi connectivity index (χ1) is 8.20. The van der Waals surface area contributed by atoms with Gasteiger partial charge in [0.2, 0.25) is 5.75 Å². The predicted molar refractivity (Wildman–Crippen MR) is 64.1 cm³/mol. The van der Waals surface area contributed by atoms with Crippen LogP contribution in [0.2, 0.25) is 0 Å². The third kappa shape index (κ3) is 2.76. The highest BCUT2D eigenvalue weighted by Gasteiger charge is 2.21. The molecule has 0 unspecified atom stereocenters. The highest BCUT2D eigenvalue weighted by molar-refractivity contribution is 5.51. The second-order valence-electron chi connectivity index (χ2n) is 4.22. The molecule has 1 saturated heterocycles. The van der Waals surface area contributed by atoms with Crippen LogP contribution in [0.1, 0.15) is 12.8 Å². The second-order valence-corrected chi connectivity index (χ2v) is 4.22. The fourth-order valence-electron chi connectivity index (χ4n) is 1.91. The Morgan fingerprint density at radius 3 is 2.71 bits per heavy atom. The number of nitrogens with zero attached hydrogens (tertiary/aromatic N) is 3. The van der Waals surface area contributed by atoms with Crippen molar-refractivity contribution >= 4 is 5.82 Å². The molecule has 0 bridgehead atoms. The van der Waals surface area contributed by atoms with E-state index in [1.807, 2.05) is 0 Å². The summed E-state index contributed by atoms with van der Waals surface area (Å²) in [4.78, 5) is 10.2. The molecular formula is C11H18N4O2. The molecule has 0 amide bonds. The lowest BCUT2D eigenvalue weighted by atomic mass is 10.1. The maximum atomic E-state index is 5.82. The predicted octanol–water partition coefficient (Wildman–Crippen LogP) is 0.540. The fourth-order valence-corrected chi connectivity index (χ4v) is 1.91. The topological polar surface area (TPSA) is 73.5 Å². The average molecular weight is 238 g/mol. The van der Waals surface area contributed by atoms with E-state index in [2.05, 4.69) is 21.9 Å². The Balaban J connectivity index is 2.05. The Morgan fingerprint density at radius 1 is 1.35 bits per heavy atom. The van der Waals surface area contributed by atoms with E-state index in [0.29, 0.717) is 17.4 Å². The molecule has 94 valence electrons. The van der Waals surface area contributed by atoms with Gasteiger partial charge < -0.3 is 20.1 Å². The van der Waals surface area contributed by atoms with Crippen molar-refractivity contribution in [3.05, 3.63) is 6.33 Å². The Hall–Kier alpha value is -1.56. The van der Waals surface area contributed by atoms with Crippen molar-refractivity contribution in [2.24, 2.45) is 0 Å². The maximum absolute atomic E-state index is 5.82. The third-order valence-electron chi connectivity index (χ3n) is 2.95. The van der Waals surface area contributed by atoms with Crippen LogP contribution in [0.5, 0.6) is 11.6 Å². The summed E-state index contributed by atoms with van der Waals surface area (Å²) in [7, 11) is 3.65. The molecule has 1 aromatic rings. The lowest BCUT2D eigenvalue weighted by molar-refractivity contribution is 0.106. The molecular weight excluding hydrogens is 220 g/mol. The summed E-state index contributed by atoms with van der Waals surface area (Å²) in [5.41, 5.74) is 5.69. The van der Waals surface area contributed by atoms with Gasteiger partial charge in [0.05, 0.1) is 7.11 Å². The van der Waals surface area contributed by atoms with Gasteiger partial charge in [-0.05, 0) is 19.9 Å². The van der Waals surface area contributed by atoms with E-state index < -0.39 is 0 Å². The number of hydrogen-bond donors (Lipinski definition) is 1. The van der Waals surface area contributed by atoms with Gasteiger partial charge in [-0.1, -0.05) is 0 Å². The fraction of sp³-hybridized carbons (Fsp3) is 0.636. The minimum Gasteiger partial charge on any atom is -0.489 e. The van der Waals surface area contributed by atoms with Crippen LogP contribution in [0.4, 0.5) is 5.82 Å². The quantitative estimate of drug-likeness (QED) is 0.828. The molecule has 17 heavy (non-hydrogen) atoms. The van der Waals surface area contributed by atoms with E-state index in [0.717, 1.165) is 25.9 Å². The summed E-state index contributed by atoms with van der Waals surface area (Å²) in [6.07, 6.45) is 3.55. The first kappa shape index (κ1) is 11.9. The van der Waals surface area contributed by atoms with Gasteiger partial charge in [-0.2, -0.15) is 4.98 Å². The molecule has 2 heterocycles. The highest BCUT2D eigenvalue weighted by Crippen LogP contribution is 2.30. The number of methoxy groups -OCH3 is 1. The number of anilines is 1. The summed E-state index contributed by atoms with van der Waals surface area (Å²) in [6, 6.07) is 0. The van der Waals surface area contributed by atoms with E-state index in [1.54, 1.807) is 0 Å². The summed E-state index contributed by atoms with van der Waals surface area (Å²) >= 11 is 0. The first-order valence-corrected chi connectivity index (χ1v) is 5.70. The molecule has 1 aliphatic rings. The van der Waals surface area contributed by atoms with Crippen molar-refractivity contribution in [2.45, 2.75) is 18.9 Å². The Labute approximate surface area is 101 Å². The molecule has 0 saturated carbocycles. The van der Waals surface area contributed by atoms with Crippen molar-refractivity contribution in [3.63, 3.8) is 0 Å². The number of rotatable bonds is 3. The van der Waals surface area contributed by atoms with Gasteiger partial charge in [0, 0.05) is 13.1 Å². The minimum absolute atomic E-state index is 0.175. The number of hydrogen-bond acceptors (Lipinski definition) is 6. The van der Waals surface area contributed by atoms with Crippen molar-refractivity contribution in [1.29, 1.82) is 0 Å². The van der Waals surface area contributed by atoms with E-state index in [1.165, 1.54) is 13.4 Å². The van der Waals surface area contributed by atoms with Gasteiger partial charge in [0.15, 0.2) is 5.82 Å². The maximum Gasteiger partial charge on any atom is 0.262 e. The molecule has 2 rings (SSSR count). The van der Waals surface area contributed by atoms with Gasteiger partial charge >= 0.3 is 0 Å². The minimum atomic E-state index is 0.175. The zero-order valence-corrected chi connectivity index (χ0v) is 10.2. The molecule has 2 N–H and O–H groups in total. The van der Waals surface area contributed by atoms with Gasteiger partial charge in [-0.15, -0.1) is 0 Å². The molecule has 0 aliphatic carbocycles. The monoisotopic (exact) mass is 238 g/mol. The number of ether oxygens (including phenoxy) is 2. The average Bonchev–Trinajstić information content (AvgIpc) is 2.32. The normalized spacial score (nSPS) is 18.0.